The van der Waals surface area contributed by atoms with Crippen LogP contribution in [0.5, 0.6) is 11.6 Å². The zero-order chi connectivity index (χ0) is 21.7. The number of benzene rings is 1. The maximum absolute atomic E-state index is 12.8. The molecular weight excluding hydrogens is 392 g/mol. The molecule has 2 atom stereocenters. The summed E-state index contributed by atoms with van der Waals surface area (Å²) in [7, 11) is 3.58. The number of nitrogens with zero attached hydrogens (tertiary/aromatic N) is 3. The zero-order valence-corrected chi connectivity index (χ0v) is 18.4. The number of fused-ring (bicyclic) bond motifs is 2. The Kier molecular flexibility index (Phi) is 4.84. The van der Waals surface area contributed by atoms with Crippen molar-refractivity contribution in [3.05, 3.63) is 46.6 Å². The van der Waals surface area contributed by atoms with Crippen LogP contribution in [0.15, 0.2) is 24.3 Å². The van der Waals surface area contributed by atoms with Crippen molar-refractivity contribution < 1.29 is 14.3 Å². The van der Waals surface area contributed by atoms with E-state index in [2.05, 4.69) is 22.3 Å². The Morgan fingerprint density at radius 3 is 2.81 bits per heavy atom. The summed E-state index contributed by atoms with van der Waals surface area (Å²) in [5.74, 6) is 1.71. The van der Waals surface area contributed by atoms with E-state index in [-0.39, 0.29) is 11.9 Å². The van der Waals surface area contributed by atoms with Crippen LogP contribution in [0.4, 0.5) is 0 Å². The highest BCUT2D eigenvalue weighted by atomic mass is 16.5. The van der Waals surface area contributed by atoms with E-state index in [1.165, 1.54) is 18.4 Å². The molecule has 2 aliphatic carbocycles. The van der Waals surface area contributed by atoms with Gasteiger partial charge in [-0.1, -0.05) is 6.07 Å². The van der Waals surface area contributed by atoms with Gasteiger partial charge >= 0.3 is 0 Å². The van der Waals surface area contributed by atoms with Crippen molar-refractivity contribution in [1.29, 1.82) is 0 Å². The van der Waals surface area contributed by atoms with Gasteiger partial charge in [0.25, 0.3) is 5.91 Å². The van der Waals surface area contributed by atoms with Gasteiger partial charge in [-0.2, -0.15) is 10.1 Å². The van der Waals surface area contributed by atoms with Gasteiger partial charge in [0.05, 0.1) is 18.8 Å². The maximum atomic E-state index is 12.8. The Hall–Kier alpha value is -3.09. The number of carbonyl (C=O) groups excluding carboxylic acids is 1. The van der Waals surface area contributed by atoms with E-state index in [0.717, 1.165) is 46.4 Å². The number of carbonyl (C=O) groups is 1. The highest BCUT2D eigenvalue weighted by Gasteiger charge is 2.31. The Labute approximate surface area is 181 Å². The molecule has 1 aromatic carbocycles. The van der Waals surface area contributed by atoms with Crippen LogP contribution in [0, 0.1) is 6.92 Å². The molecule has 162 valence electrons. The number of rotatable bonds is 6. The first-order valence-corrected chi connectivity index (χ1v) is 10.9. The summed E-state index contributed by atoms with van der Waals surface area (Å²) in [4.78, 5) is 17.5. The van der Waals surface area contributed by atoms with E-state index in [9.17, 15) is 4.79 Å². The number of aromatic nitrogens is 3. The fourth-order valence-electron chi connectivity index (χ4n) is 4.53. The smallest absolute Gasteiger partial charge is 0.261 e. The van der Waals surface area contributed by atoms with E-state index in [1.807, 2.05) is 36.0 Å². The predicted molar refractivity (Wildman–Crippen MR) is 118 cm³/mol. The van der Waals surface area contributed by atoms with Gasteiger partial charge in [0.1, 0.15) is 5.75 Å². The SMILES string of the molecule is COc1ccc2c(c1)CCC2NC(=O)C(C)Oc1cc(C)c2c(C3CC3)nn(C)c2n1. The molecule has 0 saturated heterocycles. The minimum atomic E-state index is -0.650. The monoisotopic (exact) mass is 420 g/mol. The van der Waals surface area contributed by atoms with Gasteiger partial charge < -0.3 is 14.8 Å². The van der Waals surface area contributed by atoms with Crippen molar-refractivity contribution in [1.82, 2.24) is 20.1 Å². The lowest BCUT2D eigenvalue weighted by Crippen LogP contribution is -2.38. The second kappa shape index (κ2) is 7.55. The van der Waals surface area contributed by atoms with Crippen molar-refractivity contribution >= 4 is 16.9 Å². The molecule has 0 aliphatic heterocycles. The molecule has 1 fully saturated rings. The van der Waals surface area contributed by atoms with E-state index >= 15 is 0 Å². The van der Waals surface area contributed by atoms with Gasteiger partial charge in [-0.25, -0.2) is 0 Å². The van der Waals surface area contributed by atoms with Crippen molar-refractivity contribution in [3.8, 4) is 11.6 Å². The third-order valence-corrected chi connectivity index (χ3v) is 6.37. The van der Waals surface area contributed by atoms with Crippen LogP contribution < -0.4 is 14.8 Å². The fourth-order valence-corrected chi connectivity index (χ4v) is 4.53. The van der Waals surface area contributed by atoms with Crippen LogP contribution >= 0.6 is 0 Å². The number of amides is 1. The Bertz CT molecular complexity index is 1170. The Balaban J connectivity index is 1.30. The quantitative estimate of drug-likeness (QED) is 0.657. The van der Waals surface area contributed by atoms with Gasteiger partial charge in [-0.3, -0.25) is 9.48 Å². The Morgan fingerprint density at radius 1 is 1.26 bits per heavy atom. The lowest BCUT2D eigenvalue weighted by Gasteiger charge is -2.19. The maximum Gasteiger partial charge on any atom is 0.261 e. The molecular formula is C24H28N4O3. The fraction of sp³-hybridized carbons (Fsp3) is 0.458. The normalized spacial score (nSPS) is 18.6. The highest BCUT2D eigenvalue weighted by Crippen LogP contribution is 2.43. The number of nitrogens with one attached hydrogen (secondary N) is 1. The van der Waals surface area contributed by atoms with Crippen LogP contribution in [-0.4, -0.2) is 33.9 Å². The lowest BCUT2D eigenvalue weighted by molar-refractivity contribution is -0.128. The molecule has 7 nitrogen and oxygen atoms in total. The van der Waals surface area contributed by atoms with Gasteiger partial charge in [-0.15, -0.1) is 0 Å². The molecule has 2 heterocycles. The molecule has 5 rings (SSSR count). The molecule has 2 unspecified atom stereocenters. The van der Waals surface area contributed by atoms with Crippen LogP contribution in [-0.2, 0) is 18.3 Å². The Morgan fingerprint density at radius 2 is 2.06 bits per heavy atom. The van der Waals surface area contributed by atoms with E-state index in [4.69, 9.17) is 9.47 Å². The van der Waals surface area contributed by atoms with Gasteiger partial charge in [0.2, 0.25) is 5.88 Å². The molecule has 1 N–H and O–H groups in total. The van der Waals surface area contributed by atoms with Gasteiger partial charge in [0.15, 0.2) is 11.8 Å². The van der Waals surface area contributed by atoms with Crippen molar-refractivity contribution in [2.24, 2.45) is 7.05 Å². The standard InChI is InChI=1S/C24H28N4O3/c1-13-11-20(26-23-21(13)22(15-5-6-15)27-28(23)3)31-14(2)24(29)25-19-10-7-16-12-17(30-4)8-9-18(16)19/h8-9,11-12,14-15,19H,5-7,10H2,1-4H3,(H,25,29). The summed E-state index contributed by atoms with van der Waals surface area (Å²) in [6.45, 7) is 3.82. The van der Waals surface area contributed by atoms with Crippen molar-refractivity contribution in [3.63, 3.8) is 0 Å². The number of aryl methyl sites for hydroxylation is 3. The molecule has 3 aromatic rings. The number of ether oxygens (including phenoxy) is 2. The molecule has 2 aromatic heterocycles. The molecule has 1 saturated carbocycles. The topological polar surface area (TPSA) is 78.3 Å². The van der Waals surface area contributed by atoms with Crippen LogP contribution in [0.1, 0.15) is 60.5 Å². The minimum Gasteiger partial charge on any atom is -0.497 e. The summed E-state index contributed by atoms with van der Waals surface area (Å²) >= 11 is 0. The van der Waals surface area contributed by atoms with Crippen LogP contribution in [0.25, 0.3) is 11.0 Å². The predicted octanol–water partition coefficient (Wildman–Crippen LogP) is 3.73. The largest absolute Gasteiger partial charge is 0.497 e. The first-order chi connectivity index (χ1) is 14.9. The lowest BCUT2D eigenvalue weighted by atomic mass is 10.1. The number of methoxy groups -OCH3 is 1. The third-order valence-electron chi connectivity index (χ3n) is 6.37. The molecule has 0 bridgehead atoms. The minimum absolute atomic E-state index is 0.00481. The van der Waals surface area contributed by atoms with E-state index in [0.29, 0.717) is 11.8 Å². The first-order valence-electron chi connectivity index (χ1n) is 10.9. The van der Waals surface area contributed by atoms with Crippen molar-refractivity contribution in [2.45, 2.75) is 57.6 Å². The first kappa shape index (κ1) is 19.8. The number of hydrogen-bond donors (Lipinski definition) is 1. The summed E-state index contributed by atoms with van der Waals surface area (Å²) in [5.41, 5.74) is 5.41. The number of hydrogen-bond acceptors (Lipinski definition) is 5. The van der Waals surface area contributed by atoms with E-state index < -0.39 is 6.10 Å². The summed E-state index contributed by atoms with van der Waals surface area (Å²) in [5, 5.41) is 8.93. The van der Waals surface area contributed by atoms with Crippen LogP contribution in [0.3, 0.4) is 0 Å². The zero-order valence-electron chi connectivity index (χ0n) is 18.4. The highest BCUT2D eigenvalue weighted by molar-refractivity contribution is 5.84. The average molecular weight is 421 g/mol. The molecule has 0 spiro atoms. The van der Waals surface area contributed by atoms with Crippen molar-refractivity contribution in [2.75, 3.05) is 7.11 Å². The average Bonchev–Trinajstić information content (AvgIpc) is 3.45. The summed E-state index contributed by atoms with van der Waals surface area (Å²) in [6.07, 6.45) is 3.54. The molecule has 2 aliphatic rings. The third kappa shape index (κ3) is 3.62. The molecule has 1 amide bonds. The second-order valence-corrected chi connectivity index (χ2v) is 8.68. The molecule has 0 radical (unpaired) electrons. The second-order valence-electron chi connectivity index (χ2n) is 8.68. The molecule has 31 heavy (non-hydrogen) atoms. The van der Waals surface area contributed by atoms with Gasteiger partial charge in [0, 0.05) is 24.4 Å². The van der Waals surface area contributed by atoms with Crippen LogP contribution in [0.2, 0.25) is 0 Å². The van der Waals surface area contributed by atoms with Gasteiger partial charge in [-0.05, 0) is 68.4 Å². The summed E-state index contributed by atoms with van der Waals surface area (Å²) < 4.78 is 13.1. The summed E-state index contributed by atoms with van der Waals surface area (Å²) in [6, 6.07) is 7.93. The van der Waals surface area contributed by atoms with E-state index in [1.54, 1.807) is 14.0 Å². The number of pyridine rings is 1. The molecule has 7 heteroatoms.